The summed E-state index contributed by atoms with van der Waals surface area (Å²) in [5.41, 5.74) is 0.00805. The highest BCUT2D eigenvalue weighted by Gasteiger charge is 2.19. The van der Waals surface area contributed by atoms with Gasteiger partial charge in [0.25, 0.3) is 0 Å². The highest BCUT2D eigenvalue weighted by molar-refractivity contribution is 5.94. The molecule has 0 spiro atoms. The molecule has 0 fully saturated rings. The molecule has 0 aliphatic rings. The van der Waals surface area contributed by atoms with Crippen LogP contribution in [0.15, 0.2) is 28.9 Å². The molecule has 2 aromatic rings. The van der Waals surface area contributed by atoms with Gasteiger partial charge in [-0.2, -0.15) is 0 Å². The fourth-order valence-electron chi connectivity index (χ4n) is 1.30. The van der Waals surface area contributed by atoms with Crippen molar-refractivity contribution in [1.82, 2.24) is 5.16 Å². The molecule has 0 unspecified atom stereocenters. The first-order valence-electron chi connectivity index (χ1n) is 4.30. The highest BCUT2D eigenvalue weighted by atomic mass is 16.5. The lowest BCUT2D eigenvalue weighted by Gasteiger charge is -2.01. The van der Waals surface area contributed by atoms with Gasteiger partial charge >= 0.3 is 5.97 Å². The number of aromatic hydroxyl groups is 2. The number of carboxylic acid groups (broad SMARTS) is 1. The largest absolute Gasteiger partial charge is 0.508 e. The molecule has 16 heavy (non-hydrogen) atoms. The topological polar surface area (TPSA) is 104 Å². The third kappa shape index (κ3) is 1.56. The predicted octanol–water partition coefficient (Wildman–Crippen LogP) is 1.45. The van der Waals surface area contributed by atoms with Gasteiger partial charge in [0.15, 0.2) is 5.76 Å². The van der Waals surface area contributed by atoms with Crippen molar-refractivity contribution in [1.29, 1.82) is 0 Å². The van der Waals surface area contributed by atoms with Crippen LogP contribution in [0.1, 0.15) is 10.4 Å². The molecule has 1 aromatic heterocycles. The second-order valence-corrected chi connectivity index (χ2v) is 3.08. The monoisotopic (exact) mass is 221 g/mol. The standard InChI is InChI=1S/C10H7NO5/c12-5-1-2-6(8(13)3-5)9-7(10(14)15)4-11-16-9/h1-4,12-13H,(H,14,15). The molecule has 0 radical (unpaired) electrons. The van der Waals surface area contributed by atoms with Crippen LogP contribution in [-0.4, -0.2) is 26.4 Å². The van der Waals surface area contributed by atoms with E-state index in [2.05, 4.69) is 5.16 Å². The Kier molecular flexibility index (Phi) is 2.24. The van der Waals surface area contributed by atoms with Crippen molar-refractivity contribution in [3.8, 4) is 22.8 Å². The third-order valence-corrected chi connectivity index (χ3v) is 2.03. The number of hydrogen-bond acceptors (Lipinski definition) is 5. The van der Waals surface area contributed by atoms with E-state index in [0.717, 1.165) is 12.3 Å². The average Bonchev–Trinajstić information content (AvgIpc) is 2.66. The molecule has 1 aromatic carbocycles. The van der Waals surface area contributed by atoms with E-state index >= 15 is 0 Å². The SMILES string of the molecule is O=C(O)c1cnoc1-c1ccc(O)cc1O. The highest BCUT2D eigenvalue weighted by Crippen LogP contribution is 2.33. The molecule has 0 saturated heterocycles. The average molecular weight is 221 g/mol. The number of phenols is 2. The number of hydrogen-bond donors (Lipinski definition) is 3. The minimum Gasteiger partial charge on any atom is -0.508 e. The second-order valence-electron chi connectivity index (χ2n) is 3.08. The van der Waals surface area contributed by atoms with Gasteiger partial charge in [-0.3, -0.25) is 0 Å². The Labute approximate surface area is 89.4 Å². The maximum Gasteiger partial charge on any atom is 0.341 e. The number of carbonyl (C=O) groups is 1. The molecule has 6 heteroatoms. The molecule has 0 bridgehead atoms. The summed E-state index contributed by atoms with van der Waals surface area (Å²) in [4.78, 5) is 10.8. The molecule has 6 nitrogen and oxygen atoms in total. The van der Waals surface area contributed by atoms with E-state index in [1.807, 2.05) is 0 Å². The van der Waals surface area contributed by atoms with Gasteiger partial charge in [-0.1, -0.05) is 5.16 Å². The molecule has 0 amide bonds. The van der Waals surface area contributed by atoms with Crippen molar-refractivity contribution >= 4 is 5.97 Å². The van der Waals surface area contributed by atoms with E-state index in [0.29, 0.717) is 0 Å². The smallest absolute Gasteiger partial charge is 0.341 e. The number of nitrogens with zero attached hydrogens (tertiary/aromatic N) is 1. The Bertz CT molecular complexity index is 546. The molecule has 0 aliphatic carbocycles. The van der Waals surface area contributed by atoms with Crippen LogP contribution in [0.25, 0.3) is 11.3 Å². The van der Waals surface area contributed by atoms with E-state index in [-0.39, 0.29) is 28.4 Å². The van der Waals surface area contributed by atoms with Crippen molar-refractivity contribution in [2.75, 3.05) is 0 Å². The van der Waals surface area contributed by atoms with Crippen LogP contribution in [0.4, 0.5) is 0 Å². The number of carboxylic acids is 1. The molecule has 3 N–H and O–H groups in total. The van der Waals surface area contributed by atoms with Gasteiger partial charge in [-0.25, -0.2) is 4.79 Å². The Morgan fingerprint density at radius 3 is 2.69 bits per heavy atom. The maximum atomic E-state index is 10.8. The molecule has 1 heterocycles. The molecule has 0 atom stereocenters. The van der Waals surface area contributed by atoms with Gasteiger partial charge in [0.1, 0.15) is 17.1 Å². The maximum absolute atomic E-state index is 10.8. The third-order valence-electron chi connectivity index (χ3n) is 2.03. The van der Waals surface area contributed by atoms with Crippen molar-refractivity contribution in [2.24, 2.45) is 0 Å². The van der Waals surface area contributed by atoms with Crippen molar-refractivity contribution in [3.63, 3.8) is 0 Å². The number of aromatic nitrogens is 1. The summed E-state index contributed by atoms with van der Waals surface area (Å²) in [6, 6.07) is 3.74. The lowest BCUT2D eigenvalue weighted by atomic mass is 10.1. The minimum absolute atomic E-state index is 0.0509. The van der Waals surface area contributed by atoms with Crippen LogP contribution in [0.2, 0.25) is 0 Å². The van der Waals surface area contributed by atoms with Crippen molar-refractivity contribution in [3.05, 3.63) is 30.0 Å². The van der Waals surface area contributed by atoms with Gasteiger partial charge in [0, 0.05) is 6.07 Å². The molecular formula is C10H7NO5. The van der Waals surface area contributed by atoms with E-state index in [1.54, 1.807) is 0 Å². The lowest BCUT2D eigenvalue weighted by molar-refractivity contribution is 0.0697. The molecule has 0 aliphatic heterocycles. The van der Waals surface area contributed by atoms with Crippen molar-refractivity contribution in [2.45, 2.75) is 0 Å². The van der Waals surface area contributed by atoms with Crippen LogP contribution in [0.3, 0.4) is 0 Å². The van der Waals surface area contributed by atoms with E-state index in [4.69, 9.17) is 14.7 Å². The van der Waals surface area contributed by atoms with Crippen LogP contribution >= 0.6 is 0 Å². The normalized spacial score (nSPS) is 10.2. The summed E-state index contributed by atoms with van der Waals surface area (Å²) in [5.74, 6) is -1.66. The number of rotatable bonds is 2. The van der Waals surface area contributed by atoms with Gasteiger partial charge in [-0.05, 0) is 12.1 Å². The van der Waals surface area contributed by atoms with E-state index in [9.17, 15) is 9.90 Å². The van der Waals surface area contributed by atoms with Gasteiger partial charge < -0.3 is 19.8 Å². The van der Waals surface area contributed by atoms with Crippen LogP contribution in [-0.2, 0) is 0 Å². The number of benzene rings is 1. The second kappa shape index (κ2) is 3.58. The Hall–Kier alpha value is -2.50. The predicted molar refractivity (Wildman–Crippen MR) is 52.2 cm³/mol. The van der Waals surface area contributed by atoms with Gasteiger partial charge in [0.2, 0.25) is 0 Å². The quantitative estimate of drug-likeness (QED) is 0.709. The first kappa shape index (κ1) is 10.0. The summed E-state index contributed by atoms with van der Waals surface area (Å²) in [6.07, 6.45) is 1.05. The zero-order chi connectivity index (χ0) is 11.7. The first-order valence-corrected chi connectivity index (χ1v) is 4.30. The fourth-order valence-corrected chi connectivity index (χ4v) is 1.30. The fraction of sp³-hybridized carbons (Fsp3) is 0. The molecule has 0 saturated carbocycles. The van der Waals surface area contributed by atoms with Crippen LogP contribution < -0.4 is 0 Å². The molecule has 82 valence electrons. The Morgan fingerprint density at radius 2 is 2.06 bits per heavy atom. The van der Waals surface area contributed by atoms with Crippen LogP contribution in [0, 0.1) is 0 Å². The summed E-state index contributed by atoms with van der Waals surface area (Å²) < 4.78 is 4.76. The molecular weight excluding hydrogens is 214 g/mol. The summed E-state index contributed by atoms with van der Waals surface area (Å²) in [6.45, 7) is 0. The Morgan fingerprint density at radius 1 is 1.31 bits per heavy atom. The number of phenolic OH excluding ortho intramolecular Hbond substituents is 2. The summed E-state index contributed by atoms with van der Waals surface area (Å²) >= 11 is 0. The van der Waals surface area contributed by atoms with Crippen molar-refractivity contribution < 1.29 is 24.6 Å². The lowest BCUT2D eigenvalue weighted by Crippen LogP contribution is -1.95. The van der Waals surface area contributed by atoms with Gasteiger partial charge in [0.05, 0.1) is 11.8 Å². The Balaban J connectivity index is 2.59. The minimum atomic E-state index is -1.20. The van der Waals surface area contributed by atoms with Crippen LogP contribution in [0.5, 0.6) is 11.5 Å². The summed E-state index contributed by atoms with van der Waals surface area (Å²) in [5, 5.41) is 30.8. The van der Waals surface area contributed by atoms with E-state index in [1.165, 1.54) is 12.1 Å². The zero-order valence-corrected chi connectivity index (χ0v) is 7.91. The van der Waals surface area contributed by atoms with Gasteiger partial charge in [-0.15, -0.1) is 0 Å². The first-order chi connectivity index (χ1) is 7.59. The van der Waals surface area contributed by atoms with E-state index < -0.39 is 5.97 Å². The molecule has 2 rings (SSSR count). The zero-order valence-electron chi connectivity index (χ0n) is 7.91. The number of aromatic carboxylic acids is 1. The summed E-state index contributed by atoms with van der Waals surface area (Å²) in [7, 11) is 0.